The fourth-order valence-electron chi connectivity index (χ4n) is 2.28. The molecule has 0 amide bonds. The number of rotatable bonds is 5. The molecule has 0 saturated heterocycles. The molecule has 4 heteroatoms. The fraction of sp³-hybridized carbons (Fsp3) is 0.714. The molecule has 0 aromatic carbocycles. The van der Waals surface area contributed by atoms with Crippen LogP contribution in [0.1, 0.15) is 39.1 Å². The number of nitrogens with one attached hydrogen (secondary N) is 1. The van der Waals surface area contributed by atoms with Crippen molar-refractivity contribution >= 4 is 11.6 Å². The van der Waals surface area contributed by atoms with Crippen LogP contribution in [0.4, 0.5) is 11.6 Å². The van der Waals surface area contributed by atoms with Crippen LogP contribution in [0.25, 0.3) is 0 Å². The van der Waals surface area contributed by atoms with E-state index in [0.29, 0.717) is 29.4 Å². The van der Waals surface area contributed by atoms with Gasteiger partial charge in [-0.25, -0.2) is 9.97 Å². The molecular formula is C14H26N4. The summed E-state index contributed by atoms with van der Waals surface area (Å²) in [6, 6.07) is 0. The molecule has 0 unspecified atom stereocenters. The molecule has 102 valence electrons. The first-order valence-electron chi connectivity index (χ1n) is 6.67. The normalized spacial score (nSPS) is 11.6. The standard InChI is InChI=1S/C14H26N4/c1-8(2)12(9(3)4)7-16-14-10(5)13(15)17-11(6)18-14/h8-9,12H,7H2,1-6H3,(H3,15,16,17,18). The van der Waals surface area contributed by atoms with Crippen LogP contribution in [-0.4, -0.2) is 16.5 Å². The topological polar surface area (TPSA) is 63.8 Å². The van der Waals surface area contributed by atoms with Crippen molar-refractivity contribution in [1.82, 2.24) is 9.97 Å². The van der Waals surface area contributed by atoms with E-state index in [0.717, 1.165) is 17.9 Å². The van der Waals surface area contributed by atoms with Crippen molar-refractivity contribution in [3.63, 3.8) is 0 Å². The van der Waals surface area contributed by atoms with Gasteiger partial charge < -0.3 is 11.1 Å². The fourth-order valence-corrected chi connectivity index (χ4v) is 2.28. The summed E-state index contributed by atoms with van der Waals surface area (Å²) in [5.74, 6) is 4.07. The highest BCUT2D eigenvalue weighted by Gasteiger charge is 2.18. The van der Waals surface area contributed by atoms with Gasteiger partial charge in [-0.3, -0.25) is 0 Å². The predicted molar refractivity (Wildman–Crippen MR) is 77.6 cm³/mol. The average Bonchev–Trinajstić information content (AvgIpc) is 2.23. The van der Waals surface area contributed by atoms with E-state index in [1.807, 2.05) is 13.8 Å². The molecule has 18 heavy (non-hydrogen) atoms. The summed E-state index contributed by atoms with van der Waals surface area (Å²) in [6.07, 6.45) is 0. The molecule has 1 aromatic heterocycles. The Morgan fingerprint density at radius 1 is 1.06 bits per heavy atom. The van der Waals surface area contributed by atoms with E-state index < -0.39 is 0 Å². The third kappa shape index (κ3) is 3.59. The molecule has 1 rings (SSSR count). The van der Waals surface area contributed by atoms with Gasteiger partial charge in [0.2, 0.25) is 0 Å². The molecule has 1 aromatic rings. The molecule has 0 atom stereocenters. The quantitative estimate of drug-likeness (QED) is 0.843. The molecule has 4 nitrogen and oxygen atoms in total. The SMILES string of the molecule is Cc1nc(N)c(C)c(NCC(C(C)C)C(C)C)n1. The zero-order valence-corrected chi connectivity index (χ0v) is 12.4. The first kappa shape index (κ1) is 14.7. The second kappa shape index (κ2) is 6.03. The van der Waals surface area contributed by atoms with E-state index in [2.05, 4.69) is 43.0 Å². The number of nitrogens with zero attached hydrogens (tertiary/aromatic N) is 2. The third-order valence-electron chi connectivity index (χ3n) is 3.51. The van der Waals surface area contributed by atoms with Gasteiger partial charge >= 0.3 is 0 Å². The third-order valence-corrected chi connectivity index (χ3v) is 3.51. The van der Waals surface area contributed by atoms with Gasteiger partial charge in [0.05, 0.1) is 0 Å². The first-order valence-corrected chi connectivity index (χ1v) is 6.67. The van der Waals surface area contributed by atoms with Crippen molar-refractivity contribution in [1.29, 1.82) is 0 Å². The molecule has 1 heterocycles. The van der Waals surface area contributed by atoms with Crippen molar-refractivity contribution < 1.29 is 0 Å². The molecule has 0 saturated carbocycles. The minimum atomic E-state index is 0.565. The lowest BCUT2D eigenvalue weighted by Crippen LogP contribution is -2.25. The van der Waals surface area contributed by atoms with Crippen molar-refractivity contribution in [2.24, 2.45) is 17.8 Å². The number of aromatic nitrogens is 2. The molecule has 0 bridgehead atoms. The van der Waals surface area contributed by atoms with Crippen LogP contribution in [-0.2, 0) is 0 Å². The summed E-state index contributed by atoms with van der Waals surface area (Å²) in [5, 5.41) is 3.43. The van der Waals surface area contributed by atoms with Crippen LogP contribution in [0.5, 0.6) is 0 Å². The van der Waals surface area contributed by atoms with Crippen molar-refractivity contribution in [2.45, 2.75) is 41.5 Å². The Morgan fingerprint density at radius 2 is 1.61 bits per heavy atom. The van der Waals surface area contributed by atoms with Crippen LogP contribution in [0, 0.1) is 31.6 Å². The summed E-state index contributed by atoms with van der Waals surface area (Å²) in [5.41, 5.74) is 6.79. The number of nitrogens with two attached hydrogens (primary N) is 1. The molecule has 0 aliphatic rings. The van der Waals surface area contributed by atoms with Crippen molar-refractivity contribution in [3.05, 3.63) is 11.4 Å². The maximum Gasteiger partial charge on any atom is 0.134 e. The summed E-state index contributed by atoms with van der Waals surface area (Å²) in [7, 11) is 0. The number of anilines is 2. The molecular weight excluding hydrogens is 224 g/mol. The highest BCUT2D eigenvalue weighted by molar-refractivity contribution is 5.54. The van der Waals surface area contributed by atoms with Crippen LogP contribution >= 0.6 is 0 Å². The van der Waals surface area contributed by atoms with E-state index in [-0.39, 0.29) is 0 Å². The van der Waals surface area contributed by atoms with E-state index in [4.69, 9.17) is 5.73 Å². The smallest absolute Gasteiger partial charge is 0.134 e. The van der Waals surface area contributed by atoms with Gasteiger partial charge in [0, 0.05) is 12.1 Å². The zero-order valence-electron chi connectivity index (χ0n) is 12.4. The van der Waals surface area contributed by atoms with E-state index in [1.165, 1.54) is 0 Å². The van der Waals surface area contributed by atoms with Gasteiger partial charge in [-0.15, -0.1) is 0 Å². The number of aryl methyl sites for hydroxylation is 1. The van der Waals surface area contributed by atoms with Crippen LogP contribution in [0.3, 0.4) is 0 Å². The maximum absolute atomic E-state index is 5.86. The number of hydrogen-bond donors (Lipinski definition) is 2. The maximum atomic E-state index is 5.86. The Kier molecular flexibility index (Phi) is 4.93. The number of nitrogen functional groups attached to an aromatic ring is 1. The molecule has 3 N–H and O–H groups in total. The van der Waals surface area contributed by atoms with Crippen LogP contribution < -0.4 is 11.1 Å². The second-order valence-electron chi connectivity index (χ2n) is 5.66. The molecule has 0 fully saturated rings. The van der Waals surface area contributed by atoms with E-state index in [1.54, 1.807) is 0 Å². The molecule has 0 radical (unpaired) electrons. The monoisotopic (exact) mass is 250 g/mol. The van der Waals surface area contributed by atoms with Crippen LogP contribution in [0.15, 0.2) is 0 Å². The first-order chi connectivity index (χ1) is 8.32. The second-order valence-corrected chi connectivity index (χ2v) is 5.66. The Morgan fingerprint density at radius 3 is 2.11 bits per heavy atom. The zero-order chi connectivity index (χ0) is 13.9. The summed E-state index contributed by atoms with van der Waals surface area (Å²) in [4.78, 5) is 8.58. The minimum Gasteiger partial charge on any atom is -0.383 e. The van der Waals surface area contributed by atoms with Gasteiger partial charge in [-0.05, 0) is 31.6 Å². The molecule has 0 aliphatic heterocycles. The molecule has 0 aliphatic carbocycles. The van der Waals surface area contributed by atoms with Gasteiger partial charge in [0.1, 0.15) is 17.5 Å². The largest absolute Gasteiger partial charge is 0.383 e. The van der Waals surface area contributed by atoms with Crippen molar-refractivity contribution in [2.75, 3.05) is 17.6 Å². The Bertz CT molecular complexity index is 391. The number of hydrogen-bond acceptors (Lipinski definition) is 4. The highest BCUT2D eigenvalue weighted by atomic mass is 15.1. The lowest BCUT2D eigenvalue weighted by atomic mass is 9.85. The van der Waals surface area contributed by atoms with Gasteiger partial charge in [0.15, 0.2) is 0 Å². The average molecular weight is 250 g/mol. The van der Waals surface area contributed by atoms with E-state index in [9.17, 15) is 0 Å². The van der Waals surface area contributed by atoms with Gasteiger partial charge in [-0.1, -0.05) is 27.7 Å². The summed E-state index contributed by atoms with van der Waals surface area (Å²) < 4.78 is 0. The van der Waals surface area contributed by atoms with Crippen LogP contribution in [0.2, 0.25) is 0 Å². The Balaban J connectivity index is 2.79. The van der Waals surface area contributed by atoms with Crippen molar-refractivity contribution in [3.8, 4) is 0 Å². The van der Waals surface area contributed by atoms with E-state index >= 15 is 0 Å². The summed E-state index contributed by atoms with van der Waals surface area (Å²) >= 11 is 0. The minimum absolute atomic E-state index is 0.565. The highest BCUT2D eigenvalue weighted by Crippen LogP contribution is 2.23. The van der Waals surface area contributed by atoms with Gasteiger partial charge in [0.25, 0.3) is 0 Å². The Labute approximate surface area is 110 Å². The Hall–Kier alpha value is -1.32. The lowest BCUT2D eigenvalue weighted by Gasteiger charge is -2.25. The predicted octanol–water partition coefficient (Wildman–Crippen LogP) is 3.02. The lowest BCUT2D eigenvalue weighted by molar-refractivity contribution is 0.304. The summed E-state index contributed by atoms with van der Waals surface area (Å²) in [6.45, 7) is 13.8. The molecule has 0 spiro atoms. The van der Waals surface area contributed by atoms with Gasteiger partial charge in [-0.2, -0.15) is 0 Å².